The maximum atomic E-state index is 13.0. The Morgan fingerprint density at radius 3 is 1.52 bits per heavy atom. The van der Waals surface area contributed by atoms with Crippen molar-refractivity contribution in [1.82, 2.24) is 0 Å². The van der Waals surface area contributed by atoms with Crippen LogP contribution in [0.5, 0.6) is 11.5 Å². The third-order valence-corrected chi connectivity index (χ3v) is 8.91. The molecule has 0 radical (unpaired) electrons. The van der Waals surface area contributed by atoms with E-state index in [1.54, 1.807) is 24.3 Å². The molecule has 0 saturated carbocycles. The predicted molar refractivity (Wildman–Crippen MR) is 205 cm³/mol. The van der Waals surface area contributed by atoms with E-state index in [-0.39, 0.29) is 54.3 Å². The Kier molecular flexibility index (Phi) is 14.6. The Bertz CT molecular complexity index is 2010. The van der Waals surface area contributed by atoms with Crippen molar-refractivity contribution in [3.8, 4) is 22.6 Å². The van der Waals surface area contributed by atoms with Crippen molar-refractivity contribution in [2.24, 2.45) is 20.5 Å². The zero-order chi connectivity index (χ0) is 39.7. The molecule has 0 aromatic heterocycles. The van der Waals surface area contributed by atoms with Gasteiger partial charge in [0.25, 0.3) is 11.8 Å². The highest BCUT2D eigenvalue weighted by molar-refractivity contribution is 6.34. The van der Waals surface area contributed by atoms with E-state index in [9.17, 15) is 29.4 Å². The van der Waals surface area contributed by atoms with E-state index in [0.717, 1.165) is 0 Å². The minimum absolute atomic E-state index is 0.141. The first-order valence-corrected chi connectivity index (χ1v) is 17.2. The van der Waals surface area contributed by atoms with Gasteiger partial charge in [0.15, 0.2) is 11.6 Å². The maximum absolute atomic E-state index is 13.0. The number of benzene rings is 4. The second kappa shape index (κ2) is 18.9. The number of ketones is 2. The van der Waals surface area contributed by atoms with Gasteiger partial charge in [0.2, 0.25) is 12.1 Å². The van der Waals surface area contributed by atoms with E-state index < -0.39 is 48.7 Å². The quantitative estimate of drug-likeness (QED) is 0.0677. The standard InChI is InChI=1S/C36H32Cl4N6O8/c1-17(49)33(35(51)41-29-14-31(53-3)26(40)11-22(29)16-48)45-43-27-7-5-19(9-24(27)38)20-6-8-28(25(39)10-20)44-46-34(18(2)50)36(52)42-30-12-21(15-47)23(37)13-32(30)54-4/h5-14,33-34,47-48H,15-16H2,1-4H3,(H,41,51)(H,42,52)/b45-43+,46-44+. The minimum atomic E-state index is -1.54. The topological polar surface area (TPSA) is 201 Å². The molecule has 2 amide bonds. The Morgan fingerprint density at radius 2 is 1.09 bits per heavy atom. The van der Waals surface area contributed by atoms with Crippen LogP contribution in [0.25, 0.3) is 11.1 Å². The van der Waals surface area contributed by atoms with E-state index in [0.29, 0.717) is 22.3 Å². The average Bonchev–Trinajstić information content (AvgIpc) is 3.13. The lowest BCUT2D eigenvalue weighted by atomic mass is 10.0. The average molecular weight is 818 g/mol. The van der Waals surface area contributed by atoms with E-state index in [2.05, 4.69) is 31.1 Å². The molecule has 0 fully saturated rings. The minimum Gasteiger partial charge on any atom is -0.495 e. The fourth-order valence-electron chi connectivity index (χ4n) is 4.80. The number of amides is 2. The van der Waals surface area contributed by atoms with Gasteiger partial charge in [0.1, 0.15) is 22.9 Å². The van der Waals surface area contributed by atoms with Crippen LogP contribution in [0.4, 0.5) is 22.7 Å². The maximum Gasteiger partial charge on any atom is 0.258 e. The molecule has 0 spiro atoms. The number of nitrogens with one attached hydrogen (secondary N) is 2. The van der Waals surface area contributed by atoms with Gasteiger partial charge in [0.05, 0.1) is 53.9 Å². The first-order chi connectivity index (χ1) is 25.7. The molecule has 4 N–H and O–H groups in total. The lowest BCUT2D eigenvalue weighted by Gasteiger charge is -2.14. The number of carbonyl (C=O) groups is 4. The number of rotatable bonds is 15. The van der Waals surface area contributed by atoms with Crippen molar-refractivity contribution in [3.05, 3.63) is 91.9 Å². The molecule has 2 atom stereocenters. The second-order valence-corrected chi connectivity index (χ2v) is 13.0. The molecule has 0 bridgehead atoms. The number of carbonyl (C=O) groups excluding carboxylic acids is 4. The van der Waals surface area contributed by atoms with Crippen molar-refractivity contribution < 1.29 is 38.9 Å². The molecule has 4 aromatic rings. The van der Waals surface area contributed by atoms with E-state index in [1.165, 1.54) is 64.5 Å². The number of ether oxygens (including phenoxy) is 2. The van der Waals surface area contributed by atoms with Crippen molar-refractivity contribution >= 4 is 92.5 Å². The van der Waals surface area contributed by atoms with Crippen LogP contribution in [0.2, 0.25) is 20.1 Å². The lowest BCUT2D eigenvalue weighted by Crippen LogP contribution is -2.32. The SMILES string of the molecule is COc1cc(NC(=O)C(/N=N/c2ccc(-c3ccc(/N=N/C(C(C)=O)C(=O)Nc4cc(CO)c(Cl)cc4OC)c(Cl)c3)cc2Cl)C(C)=O)c(CO)cc1Cl. The van der Waals surface area contributed by atoms with Crippen LogP contribution in [-0.4, -0.2) is 59.9 Å². The number of nitrogens with zero attached hydrogens (tertiary/aromatic N) is 4. The van der Waals surface area contributed by atoms with Crippen LogP contribution >= 0.6 is 46.4 Å². The molecule has 4 rings (SSSR count). The highest BCUT2D eigenvalue weighted by Crippen LogP contribution is 2.36. The molecule has 18 heteroatoms. The third kappa shape index (κ3) is 10.2. The molecule has 14 nitrogen and oxygen atoms in total. The molecular formula is C36H32Cl4N6O8. The summed E-state index contributed by atoms with van der Waals surface area (Å²) in [4.78, 5) is 50.8. The predicted octanol–water partition coefficient (Wildman–Crippen LogP) is 8.33. The molecule has 2 unspecified atom stereocenters. The van der Waals surface area contributed by atoms with Gasteiger partial charge in [-0.05, 0) is 66.9 Å². The summed E-state index contributed by atoms with van der Waals surface area (Å²) in [5.41, 5.74) is 2.52. The van der Waals surface area contributed by atoms with Crippen LogP contribution in [0.1, 0.15) is 25.0 Å². The number of azo groups is 2. The Balaban J connectivity index is 1.50. The molecule has 0 saturated heterocycles. The smallest absolute Gasteiger partial charge is 0.258 e. The highest BCUT2D eigenvalue weighted by atomic mass is 35.5. The van der Waals surface area contributed by atoms with Crippen LogP contribution < -0.4 is 20.1 Å². The summed E-state index contributed by atoms with van der Waals surface area (Å²) in [6.45, 7) is 1.52. The Hall–Kier alpha value is -4.96. The number of anilines is 2. The summed E-state index contributed by atoms with van der Waals surface area (Å²) in [5.74, 6) is -2.36. The summed E-state index contributed by atoms with van der Waals surface area (Å²) >= 11 is 25.2. The summed E-state index contributed by atoms with van der Waals surface area (Å²) < 4.78 is 10.4. The molecule has 0 aliphatic heterocycles. The molecule has 0 aliphatic carbocycles. The van der Waals surface area contributed by atoms with Crippen molar-refractivity contribution in [1.29, 1.82) is 0 Å². The normalized spacial score (nSPS) is 12.4. The van der Waals surface area contributed by atoms with Crippen LogP contribution in [0.15, 0.2) is 81.1 Å². The van der Waals surface area contributed by atoms with E-state index in [4.69, 9.17) is 55.9 Å². The zero-order valence-corrected chi connectivity index (χ0v) is 32.0. The van der Waals surface area contributed by atoms with Crippen LogP contribution in [-0.2, 0) is 32.4 Å². The molecule has 54 heavy (non-hydrogen) atoms. The van der Waals surface area contributed by atoms with Crippen LogP contribution in [0, 0.1) is 0 Å². The highest BCUT2D eigenvalue weighted by Gasteiger charge is 2.26. The van der Waals surface area contributed by atoms with Gasteiger partial charge in [-0.2, -0.15) is 20.5 Å². The molecular weight excluding hydrogens is 786 g/mol. The van der Waals surface area contributed by atoms with Gasteiger partial charge in [-0.25, -0.2) is 0 Å². The molecule has 0 heterocycles. The van der Waals surface area contributed by atoms with Gasteiger partial charge in [-0.15, -0.1) is 0 Å². The number of hydrogen-bond donors (Lipinski definition) is 4. The molecule has 4 aromatic carbocycles. The number of aliphatic hydroxyl groups excluding tert-OH is 2. The summed E-state index contributed by atoms with van der Waals surface area (Å²) in [6, 6.07) is 12.1. The fraction of sp³-hybridized carbons (Fsp3) is 0.222. The van der Waals surface area contributed by atoms with Gasteiger partial charge in [-0.1, -0.05) is 58.5 Å². The lowest BCUT2D eigenvalue weighted by molar-refractivity contribution is -0.127. The second-order valence-electron chi connectivity index (χ2n) is 11.4. The molecule has 0 aliphatic rings. The first kappa shape index (κ1) is 41.8. The van der Waals surface area contributed by atoms with Gasteiger partial charge < -0.3 is 30.3 Å². The van der Waals surface area contributed by atoms with Gasteiger partial charge in [0, 0.05) is 22.7 Å². The van der Waals surface area contributed by atoms with Crippen LogP contribution in [0.3, 0.4) is 0 Å². The number of aliphatic hydroxyl groups is 2. The Morgan fingerprint density at radius 1 is 0.611 bits per heavy atom. The number of Topliss-reactive ketones (excluding diaryl/α,β-unsaturated/α-hetero) is 2. The Labute approximate surface area is 329 Å². The summed E-state index contributed by atoms with van der Waals surface area (Å²) in [7, 11) is 2.76. The van der Waals surface area contributed by atoms with Crippen molar-refractivity contribution in [3.63, 3.8) is 0 Å². The zero-order valence-electron chi connectivity index (χ0n) is 29.0. The van der Waals surface area contributed by atoms with Crippen molar-refractivity contribution in [2.45, 2.75) is 39.1 Å². The summed E-state index contributed by atoms with van der Waals surface area (Å²) in [5, 5.41) is 41.1. The number of hydrogen-bond acceptors (Lipinski definition) is 12. The van der Waals surface area contributed by atoms with E-state index in [1.807, 2.05) is 0 Å². The third-order valence-electron chi connectivity index (χ3n) is 7.66. The van der Waals surface area contributed by atoms with Gasteiger partial charge >= 0.3 is 0 Å². The van der Waals surface area contributed by atoms with E-state index >= 15 is 0 Å². The molecule has 282 valence electrons. The van der Waals surface area contributed by atoms with Crippen molar-refractivity contribution in [2.75, 3.05) is 24.9 Å². The summed E-state index contributed by atoms with van der Waals surface area (Å²) in [6.07, 6.45) is 0. The monoisotopic (exact) mass is 816 g/mol. The number of methoxy groups -OCH3 is 2. The number of halogens is 4. The fourth-order valence-corrected chi connectivity index (χ4v) is 5.71. The largest absolute Gasteiger partial charge is 0.495 e. The van der Waals surface area contributed by atoms with Gasteiger partial charge in [-0.3, -0.25) is 19.2 Å². The first-order valence-electron chi connectivity index (χ1n) is 15.7.